The Hall–Kier alpha value is -1.14. The van der Waals surface area contributed by atoms with Crippen LogP contribution in [0.15, 0.2) is 22.7 Å². The second kappa shape index (κ2) is 6.56. The van der Waals surface area contributed by atoms with Crippen molar-refractivity contribution in [3.8, 4) is 0 Å². The number of carbonyl (C=O) groups excluding carboxylic acids is 1. The van der Waals surface area contributed by atoms with Gasteiger partial charge >= 0.3 is 6.03 Å². The average molecular weight is 305 g/mol. The SMILES string of the molecule is COC[C@@H](C)NC(=O)Nc1ccc(Br)c(F)c1. The van der Waals surface area contributed by atoms with Crippen molar-refractivity contribution in [2.75, 3.05) is 19.0 Å². The van der Waals surface area contributed by atoms with Gasteiger partial charge < -0.3 is 15.4 Å². The predicted molar refractivity (Wildman–Crippen MR) is 67.6 cm³/mol. The van der Waals surface area contributed by atoms with Crippen molar-refractivity contribution in [3.63, 3.8) is 0 Å². The molecule has 0 fully saturated rings. The summed E-state index contributed by atoms with van der Waals surface area (Å²) in [5.74, 6) is -0.423. The van der Waals surface area contributed by atoms with Crippen LogP contribution in [0.5, 0.6) is 0 Å². The van der Waals surface area contributed by atoms with Crippen LogP contribution < -0.4 is 10.6 Å². The second-order valence-corrected chi connectivity index (χ2v) is 4.44. The van der Waals surface area contributed by atoms with Crippen molar-refractivity contribution in [1.82, 2.24) is 5.32 Å². The van der Waals surface area contributed by atoms with Gasteiger partial charge in [-0.15, -0.1) is 0 Å². The smallest absolute Gasteiger partial charge is 0.319 e. The minimum absolute atomic E-state index is 0.111. The monoisotopic (exact) mass is 304 g/mol. The number of methoxy groups -OCH3 is 1. The normalized spacial score (nSPS) is 12.0. The zero-order valence-electron chi connectivity index (χ0n) is 9.59. The van der Waals surface area contributed by atoms with E-state index in [0.29, 0.717) is 16.8 Å². The lowest BCUT2D eigenvalue weighted by Gasteiger charge is -2.13. The van der Waals surface area contributed by atoms with E-state index in [1.807, 2.05) is 6.92 Å². The first-order valence-corrected chi connectivity index (χ1v) is 5.83. The lowest BCUT2D eigenvalue weighted by Crippen LogP contribution is -2.38. The molecule has 4 nitrogen and oxygen atoms in total. The van der Waals surface area contributed by atoms with Crippen LogP contribution in [-0.2, 0) is 4.74 Å². The Morgan fingerprint density at radius 2 is 2.29 bits per heavy atom. The number of halogens is 2. The predicted octanol–water partition coefficient (Wildman–Crippen LogP) is 2.74. The number of rotatable bonds is 4. The molecule has 0 aliphatic carbocycles. The number of hydrogen-bond acceptors (Lipinski definition) is 2. The van der Waals surface area contributed by atoms with Crippen molar-refractivity contribution in [1.29, 1.82) is 0 Å². The molecular formula is C11H14BrFN2O2. The molecule has 17 heavy (non-hydrogen) atoms. The standard InChI is InChI=1S/C11H14BrFN2O2/c1-7(6-17-2)14-11(16)15-8-3-4-9(12)10(13)5-8/h3-5,7H,6H2,1-2H3,(H2,14,15,16)/t7-/m1/s1. The molecule has 0 spiro atoms. The third-order valence-electron chi connectivity index (χ3n) is 1.97. The molecule has 6 heteroatoms. The molecule has 1 rings (SSSR count). The van der Waals surface area contributed by atoms with E-state index in [4.69, 9.17) is 4.74 Å². The minimum Gasteiger partial charge on any atom is -0.383 e. The maximum atomic E-state index is 13.2. The third-order valence-corrected chi connectivity index (χ3v) is 2.61. The van der Waals surface area contributed by atoms with Crippen LogP contribution in [0.1, 0.15) is 6.92 Å². The number of urea groups is 1. The lowest BCUT2D eigenvalue weighted by atomic mass is 10.3. The number of amides is 2. The Kier molecular flexibility index (Phi) is 5.37. The Morgan fingerprint density at radius 1 is 1.59 bits per heavy atom. The van der Waals surface area contributed by atoms with Crippen LogP contribution in [0.3, 0.4) is 0 Å². The molecule has 0 heterocycles. The quantitative estimate of drug-likeness (QED) is 0.898. The number of carbonyl (C=O) groups is 1. The van der Waals surface area contributed by atoms with Crippen molar-refractivity contribution in [3.05, 3.63) is 28.5 Å². The Bertz CT molecular complexity index is 401. The summed E-state index contributed by atoms with van der Waals surface area (Å²) in [6.45, 7) is 2.23. The van der Waals surface area contributed by atoms with E-state index in [1.165, 1.54) is 12.1 Å². The summed E-state index contributed by atoms with van der Waals surface area (Å²) in [6.07, 6.45) is 0. The van der Waals surface area contributed by atoms with Crippen molar-refractivity contribution in [2.24, 2.45) is 0 Å². The molecule has 1 aromatic carbocycles. The van der Waals surface area contributed by atoms with Gasteiger partial charge in [-0.25, -0.2) is 9.18 Å². The number of anilines is 1. The molecule has 2 amide bonds. The van der Waals surface area contributed by atoms with Gasteiger partial charge in [-0.3, -0.25) is 0 Å². The van der Waals surface area contributed by atoms with Gasteiger partial charge in [-0.2, -0.15) is 0 Å². The zero-order valence-corrected chi connectivity index (χ0v) is 11.2. The summed E-state index contributed by atoms with van der Waals surface area (Å²) in [7, 11) is 1.56. The highest BCUT2D eigenvalue weighted by Gasteiger charge is 2.08. The Morgan fingerprint density at radius 3 is 2.88 bits per heavy atom. The molecule has 0 radical (unpaired) electrons. The second-order valence-electron chi connectivity index (χ2n) is 3.58. The Labute approximate surface area is 108 Å². The fraction of sp³-hybridized carbons (Fsp3) is 0.364. The van der Waals surface area contributed by atoms with Crippen LogP contribution in [-0.4, -0.2) is 25.8 Å². The largest absolute Gasteiger partial charge is 0.383 e. The molecule has 0 aliphatic heterocycles. The van der Waals surface area contributed by atoms with Crippen LogP contribution in [0, 0.1) is 5.82 Å². The minimum atomic E-state index is -0.423. The molecule has 1 aromatic rings. The number of hydrogen-bond donors (Lipinski definition) is 2. The molecule has 0 bridgehead atoms. The van der Waals surface area contributed by atoms with Gasteiger partial charge in [-0.05, 0) is 41.1 Å². The first kappa shape index (κ1) is 13.9. The number of nitrogens with one attached hydrogen (secondary N) is 2. The van der Waals surface area contributed by atoms with Crippen molar-refractivity contribution < 1.29 is 13.9 Å². The molecule has 2 N–H and O–H groups in total. The highest BCUT2D eigenvalue weighted by Crippen LogP contribution is 2.19. The van der Waals surface area contributed by atoms with Gasteiger partial charge in [-0.1, -0.05) is 0 Å². The summed E-state index contributed by atoms with van der Waals surface area (Å²) in [4.78, 5) is 11.5. The molecule has 0 saturated carbocycles. The molecule has 1 atom stereocenters. The van der Waals surface area contributed by atoms with Crippen LogP contribution >= 0.6 is 15.9 Å². The molecule has 0 saturated heterocycles. The number of benzene rings is 1. The molecule has 94 valence electrons. The zero-order chi connectivity index (χ0) is 12.8. The fourth-order valence-corrected chi connectivity index (χ4v) is 1.50. The molecule has 0 unspecified atom stereocenters. The van der Waals surface area contributed by atoms with Crippen LogP contribution in [0.25, 0.3) is 0 Å². The average Bonchev–Trinajstić information content (AvgIpc) is 2.23. The lowest BCUT2D eigenvalue weighted by molar-refractivity contribution is 0.173. The summed E-state index contributed by atoms with van der Waals surface area (Å²) in [5, 5.41) is 5.19. The van der Waals surface area contributed by atoms with Gasteiger partial charge in [0, 0.05) is 12.8 Å². The summed E-state index contributed by atoms with van der Waals surface area (Å²) < 4.78 is 18.4. The summed E-state index contributed by atoms with van der Waals surface area (Å²) >= 11 is 3.04. The summed E-state index contributed by atoms with van der Waals surface area (Å²) in [6, 6.07) is 3.87. The first-order valence-electron chi connectivity index (χ1n) is 5.04. The van der Waals surface area contributed by atoms with Crippen molar-refractivity contribution in [2.45, 2.75) is 13.0 Å². The Balaban J connectivity index is 2.53. The maximum Gasteiger partial charge on any atom is 0.319 e. The van der Waals surface area contributed by atoms with Crippen molar-refractivity contribution >= 4 is 27.6 Å². The highest BCUT2D eigenvalue weighted by atomic mass is 79.9. The molecule has 0 aromatic heterocycles. The van der Waals surface area contributed by atoms with Gasteiger partial charge in [0.25, 0.3) is 0 Å². The van der Waals surface area contributed by atoms with E-state index < -0.39 is 11.8 Å². The van der Waals surface area contributed by atoms with Crippen LogP contribution in [0.4, 0.5) is 14.9 Å². The highest BCUT2D eigenvalue weighted by molar-refractivity contribution is 9.10. The van der Waals surface area contributed by atoms with Gasteiger partial charge in [0.15, 0.2) is 0 Å². The van der Waals surface area contributed by atoms with E-state index >= 15 is 0 Å². The van der Waals surface area contributed by atoms with E-state index in [-0.39, 0.29) is 6.04 Å². The topological polar surface area (TPSA) is 50.4 Å². The first-order chi connectivity index (χ1) is 8.02. The van der Waals surface area contributed by atoms with Gasteiger partial charge in [0.05, 0.1) is 17.1 Å². The van der Waals surface area contributed by atoms with Crippen LogP contribution in [0.2, 0.25) is 0 Å². The molecular weight excluding hydrogens is 291 g/mol. The van der Waals surface area contributed by atoms with E-state index in [0.717, 1.165) is 0 Å². The van der Waals surface area contributed by atoms with Gasteiger partial charge in [0.1, 0.15) is 5.82 Å². The van der Waals surface area contributed by atoms with E-state index in [2.05, 4.69) is 26.6 Å². The molecule has 0 aliphatic rings. The summed E-state index contributed by atoms with van der Waals surface area (Å²) in [5.41, 5.74) is 0.396. The third kappa shape index (κ3) is 4.70. The number of ether oxygens (including phenoxy) is 1. The fourth-order valence-electron chi connectivity index (χ4n) is 1.26. The van der Waals surface area contributed by atoms with Gasteiger partial charge in [0.2, 0.25) is 0 Å². The maximum absolute atomic E-state index is 13.2. The van der Waals surface area contributed by atoms with E-state index in [1.54, 1.807) is 13.2 Å². The van der Waals surface area contributed by atoms with E-state index in [9.17, 15) is 9.18 Å².